The van der Waals surface area contributed by atoms with E-state index in [-0.39, 0.29) is 29.9 Å². The molecular weight excluding hydrogens is 386 g/mol. The number of ether oxygens (including phenoxy) is 2. The molecule has 4 atom stereocenters. The second kappa shape index (κ2) is 7.58. The third kappa shape index (κ3) is 3.33. The smallest absolute Gasteiger partial charge is 0.251 e. The number of nitrogens with zero attached hydrogens (tertiary/aromatic N) is 2. The van der Waals surface area contributed by atoms with Crippen molar-refractivity contribution in [3.63, 3.8) is 0 Å². The van der Waals surface area contributed by atoms with Crippen molar-refractivity contribution in [1.29, 1.82) is 0 Å². The molecule has 8 nitrogen and oxygen atoms in total. The summed E-state index contributed by atoms with van der Waals surface area (Å²) in [6.45, 7) is 1.69. The number of amides is 3. The van der Waals surface area contributed by atoms with Gasteiger partial charge in [0.15, 0.2) is 0 Å². The van der Waals surface area contributed by atoms with Gasteiger partial charge < -0.3 is 24.6 Å². The molecule has 3 amide bonds. The molecule has 5 rings (SSSR count). The summed E-state index contributed by atoms with van der Waals surface area (Å²) < 4.78 is 11.1. The molecule has 4 aliphatic rings. The number of piperazine rings is 1. The number of benzene rings is 1. The van der Waals surface area contributed by atoms with Crippen LogP contribution in [0.5, 0.6) is 5.75 Å². The van der Waals surface area contributed by atoms with E-state index < -0.39 is 12.1 Å². The van der Waals surface area contributed by atoms with Crippen LogP contribution >= 0.6 is 0 Å². The van der Waals surface area contributed by atoms with Crippen LogP contribution in [0.1, 0.15) is 36.0 Å². The minimum atomic E-state index is -0.627. The van der Waals surface area contributed by atoms with Crippen LogP contribution in [0.25, 0.3) is 0 Å². The molecule has 4 unspecified atom stereocenters. The van der Waals surface area contributed by atoms with Gasteiger partial charge in [-0.15, -0.1) is 0 Å². The Hall–Kier alpha value is -2.61. The summed E-state index contributed by atoms with van der Waals surface area (Å²) in [4.78, 5) is 42.5. The van der Waals surface area contributed by atoms with E-state index in [1.54, 1.807) is 41.2 Å². The van der Waals surface area contributed by atoms with Gasteiger partial charge in [-0.05, 0) is 55.9 Å². The van der Waals surface area contributed by atoms with Gasteiger partial charge in [0, 0.05) is 25.3 Å². The summed E-state index contributed by atoms with van der Waals surface area (Å²) in [5.41, 5.74) is 0.497. The lowest BCUT2D eigenvalue weighted by atomic mass is 10.0. The number of carbonyl (C=O) groups excluding carboxylic acids is 3. The topological polar surface area (TPSA) is 88.2 Å². The van der Waals surface area contributed by atoms with Gasteiger partial charge in [0.2, 0.25) is 11.8 Å². The average Bonchev–Trinajstić information content (AvgIpc) is 3.34. The van der Waals surface area contributed by atoms with Gasteiger partial charge in [0.05, 0.1) is 19.3 Å². The third-order valence-corrected chi connectivity index (χ3v) is 6.72. The Balaban J connectivity index is 1.28. The second-order valence-electron chi connectivity index (χ2n) is 8.65. The Kier molecular flexibility index (Phi) is 4.89. The number of nitrogens with one attached hydrogen (secondary N) is 1. The monoisotopic (exact) mass is 413 g/mol. The largest absolute Gasteiger partial charge is 0.497 e. The van der Waals surface area contributed by atoms with Gasteiger partial charge in [0.1, 0.15) is 17.8 Å². The van der Waals surface area contributed by atoms with Crippen LogP contribution in [-0.2, 0) is 14.3 Å². The maximum atomic E-state index is 13.3. The molecule has 0 aromatic heterocycles. The van der Waals surface area contributed by atoms with Crippen molar-refractivity contribution in [3.8, 4) is 5.75 Å². The molecule has 3 heterocycles. The van der Waals surface area contributed by atoms with E-state index in [2.05, 4.69) is 5.32 Å². The number of hydrogen-bond acceptors (Lipinski definition) is 5. The molecule has 0 bridgehead atoms. The first-order chi connectivity index (χ1) is 14.6. The SMILES string of the molecule is COc1ccc(C(=O)NC2CCN3C(=O)C4C(OCC5CC5)CCN4C(=O)C23)cc1. The predicted octanol–water partition coefficient (Wildman–Crippen LogP) is 0.804. The van der Waals surface area contributed by atoms with E-state index >= 15 is 0 Å². The van der Waals surface area contributed by atoms with Crippen molar-refractivity contribution in [1.82, 2.24) is 15.1 Å². The van der Waals surface area contributed by atoms with Crippen LogP contribution in [0.3, 0.4) is 0 Å². The lowest BCUT2D eigenvalue weighted by Gasteiger charge is -2.41. The molecule has 4 fully saturated rings. The van der Waals surface area contributed by atoms with Crippen molar-refractivity contribution >= 4 is 17.7 Å². The van der Waals surface area contributed by atoms with Crippen molar-refractivity contribution in [3.05, 3.63) is 29.8 Å². The zero-order valence-corrected chi connectivity index (χ0v) is 17.1. The van der Waals surface area contributed by atoms with Crippen LogP contribution in [0.4, 0.5) is 0 Å². The highest BCUT2D eigenvalue weighted by atomic mass is 16.5. The van der Waals surface area contributed by atoms with Gasteiger partial charge in [-0.1, -0.05) is 0 Å². The first-order valence-corrected chi connectivity index (χ1v) is 10.7. The van der Waals surface area contributed by atoms with Crippen LogP contribution in [-0.4, -0.2) is 78.6 Å². The summed E-state index contributed by atoms with van der Waals surface area (Å²) in [5.74, 6) is 0.920. The highest BCUT2D eigenvalue weighted by Crippen LogP contribution is 2.36. The molecule has 1 N–H and O–H groups in total. The van der Waals surface area contributed by atoms with Crippen LogP contribution < -0.4 is 10.1 Å². The molecule has 0 spiro atoms. The summed E-state index contributed by atoms with van der Waals surface area (Å²) in [6, 6.07) is 5.30. The molecule has 3 saturated heterocycles. The molecular formula is C22H27N3O5. The number of methoxy groups -OCH3 is 1. The second-order valence-corrected chi connectivity index (χ2v) is 8.65. The van der Waals surface area contributed by atoms with Gasteiger partial charge in [-0.2, -0.15) is 0 Å². The highest BCUT2D eigenvalue weighted by Gasteiger charge is 2.56. The van der Waals surface area contributed by atoms with Crippen LogP contribution in [0, 0.1) is 5.92 Å². The molecule has 1 aromatic rings. The number of hydrogen-bond donors (Lipinski definition) is 1. The predicted molar refractivity (Wildman–Crippen MR) is 107 cm³/mol. The van der Waals surface area contributed by atoms with Crippen LogP contribution in [0.15, 0.2) is 24.3 Å². The molecule has 3 aliphatic heterocycles. The Morgan fingerprint density at radius 1 is 1.00 bits per heavy atom. The normalized spacial score (nSPS) is 30.3. The Morgan fingerprint density at radius 2 is 1.67 bits per heavy atom. The summed E-state index contributed by atoms with van der Waals surface area (Å²) in [5, 5.41) is 2.97. The van der Waals surface area contributed by atoms with E-state index in [9.17, 15) is 14.4 Å². The van der Waals surface area contributed by atoms with E-state index in [0.29, 0.717) is 49.8 Å². The van der Waals surface area contributed by atoms with Gasteiger partial charge >= 0.3 is 0 Å². The molecule has 1 saturated carbocycles. The molecule has 160 valence electrons. The molecule has 8 heteroatoms. The van der Waals surface area contributed by atoms with Crippen LogP contribution in [0.2, 0.25) is 0 Å². The minimum absolute atomic E-state index is 0.0425. The van der Waals surface area contributed by atoms with Gasteiger partial charge in [-0.25, -0.2) is 0 Å². The van der Waals surface area contributed by atoms with Crippen molar-refractivity contribution < 1.29 is 23.9 Å². The van der Waals surface area contributed by atoms with Crippen molar-refractivity contribution in [2.24, 2.45) is 5.92 Å². The van der Waals surface area contributed by atoms with Gasteiger partial charge in [-0.3, -0.25) is 14.4 Å². The lowest BCUT2D eigenvalue weighted by Crippen LogP contribution is -2.66. The van der Waals surface area contributed by atoms with E-state index in [0.717, 1.165) is 0 Å². The number of rotatable bonds is 6. The fraction of sp³-hybridized carbons (Fsp3) is 0.591. The fourth-order valence-corrected chi connectivity index (χ4v) is 4.85. The molecule has 0 radical (unpaired) electrons. The standard InChI is InChI=1S/C22H27N3O5/c1-29-15-6-4-14(5-7-15)20(26)23-16-8-10-24-18(16)21(27)25-11-9-17(19(25)22(24)28)30-12-13-2-3-13/h4-7,13,16-19H,2-3,8-12H2,1H3,(H,23,26). The summed E-state index contributed by atoms with van der Waals surface area (Å²) >= 11 is 0. The quantitative estimate of drug-likeness (QED) is 0.746. The molecule has 30 heavy (non-hydrogen) atoms. The lowest BCUT2D eigenvalue weighted by molar-refractivity contribution is -0.161. The summed E-state index contributed by atoms with van der Waals surface area (Å²) in [6.07, 6.45) is 3.43. The van der Waals surface area contributed by atoms with E-state index in [1.165, 1.54) is 12.8 Å². The number of carbonyl (C=O) groups is 3. The third-order valence-electron chi connectivity index (χ3n) is 6.72. The fourth-order valence-electron chi connectivity index (χ4n) is 4.85. The Bertz CT molecular complexity index is 853. The molecule has 1 aromatic carbocycles. The van der Waals surface area contributed by atoms with E-state index in [4.69, 9.17) is 9.47 Å². The minimum Gasteiger partial charge on any atom is -0.497 e. The van der Waals surface area contributed by atoms with E-state index in [1.807, 2.05) is 0 Å². The highest BCUT2D eigenvalue weighted by molar-refractivity contribution is 6.00. The van der Waals surface area contributed by atoms with Gasteiger partial charge in [0.25, 0.3) is 5.91 Å². The molecule has 1 aliphatic carbocycles. The Morgan fingerprint density at radius 3 is 2.37 bits per heavy atom. The Labute approximate surface area is 175 Å². The van der Waals surface area contributed by atoms with Crippen molar-refractivity contribution in [2.75, 3.05) is 26.8 Å². The average molecular weight is 413 g/mol. The zero-order valence-electron chi connectivity index (χ0n) is 17.1. The zero-order chi connectivity index (χ0) is 20.8. The first-order valence-electron chi connectivity index (χ1n) is 10.7. The summed E-state index contributed by atoms with van der Waals surface area (Å²) in [7, 11) is 1.57. The number of fused-ring (bicyclic) bond motifs is 2. The maximum absolute atomic E-state index is 13.3. The maximum Gasteiger partial charge on any atom is 0.251 e. The first kappa shape index (κ1) is 19.4. The van der Waals surface area contributed by atoms with Crippen molar-refractivity contribution in [2.45, 2.75) is 49.9 Å².